The highest BCUT2D eigenvalue weighted by Crippen LogP contribution is 2.13. The molecule has 0 aliphatic heterocycles. The van der Waals surface area contributed by atoms with Crippen molar-refractivity contribution in [3.63, 3.8) is 0 Å². The van der Waals surface area contributed by atoms with Crippen LogP contribution in [0.15, 0.2) is 194 Å². The standard InChI is InChI=1S/C76H116O6/c1-4-7-10-13-16-19-22-24-26-28-30-32-34-36-38-40-42-44-46-48-50-52-54-57-60-63-66-69-75(78)81-72-73(71-80-74(77)68-65-62-59-56-21-18-15-12-9-6-3)82-76(79)70-67-64-61-58-55-53-51-49-47-45-43-41-39-37-35-33-31-29-27-25-23-20-17-14-11-8-5-2/h7-8,10-12,15-17,19-20,24-27,30-33,36-39,42-45,48-51,54,57,73H,4-6,9,13-14,18,21-23,28-29,34-35,40-41,46-47,52-53,55-56,58-72H2,1-3H3/b10-7-,11-8-,15-12-,19-16-,20-17-,26-24-,27-25-,32-30-,33-31-,38-36-,39-37-,44-42-,45-43-,50-48-,51-49-,57-54-. The summed E-state index contributed by atoms with van der Waals surface area (Å²) in [6.45, 7) is 6.27. The van der Waals surface area contributed by atoms with Crippen LogP contribution < -0.4 is 0 Å². The molecule has 0 saturated carbocycles. The molecule has 456 valence electrons. The molecular formula is C76H116O6. The minimum absolute atomic E-state index is 0.115. The van der Waals surface area contributed by atoms with Crippen molar-refractivity contribution in [2.75, 3.05) is 13.2 Å². The second kappa shape index (κ2) is 67.8. The first kappa shape index (κ1) is 76.2. The fourth-order valence-electron chi connectivity index (χ4n) is 8.03. The molecule has 0 heterocycles. The molecule has 0 spiro atoms. The second-order valence-electron chi connectivity index (χ2n) is 20.5. The third-order valence-corrected chi connectivity index (χ3v) is 12.8. The van der Waals surface area contributed by atoms with Gasteiger partial charge in [0, 0.05) is 19.3 Å². The third-order valence-electron chi connectivity index (χ3n) is 12.8. The van der Waals surface area contributed by atoms with Crippen molar-refractivity contribution < 1.29 is 28.6 Å². The molecule has 0 fully saturated rings. The molecule has 1 atom stereocenters. The van der Waals surface area contributed by atoms with Gasteiger partial charge in [0.25, 0.3) is 0 Å². The highest BCUT2D eigenvalue weighted by atomic mass is 16.6. The summed E-state index contributed by atoms with van der Waals surface area (Å²) >= 11 is 0. The first-order valence-electron chi connectivity index (χ1n) is 32.4. The van der Waals surface area contributed by atoms with E-state index in [1.807, 2.05) is 0 Å². The molecule has 0 amide bonds. The Morgan fingerprint density at radius 2 is 0.476 bits per heavy atom. The predicted molar refractivity (Wildman–Crippen MR) is 357 cm³/mol. The van der Waals surface area contributed by atoms with Gasteiger partial charge >= 0.3 is 17.9 Å². The summed E-state index contributed by atoms with van der Waals surface area (Å²) in [5, 5.41) is 0. The van der Waals surface area contributed by atoms with E-state index in [4.69, 9.17) is 14.2 Å². The molecule has 0 aromatic heterocycles. The van der Waals surface area contributed by atoms with Crippen LogP contribution in [0.2, 0.25) is 0 Å². The van der Waals surface area contributed by atoms with Gasteiger partial charge in [0.1, 0.15) is 13.2 Å². The summed E-state index contributed by atoms with van der Waals surface area (Å²) in [6, 6.07) is 0. The smallest absolute Gasteiger partial charge is 0.306 e. The molecule has 0 aliphatic rings. The van der Waals surface area contributed by atoms with E-state index < -0.39 is 6.10 Å². The Labute approximate surface area is 503 Å². The van der Waals surface area contributed by atoms with E-state index in [9.17, 15) is 14.4 Å². The summed E-state index contributed by atoms with van der Waals surface area (Å²) in [7, 11) is 0. The molecule has 1 unspecified atom stereocenters. The number of hydrogen-bond acceptors (Lipinski definition) is 6. The number of rotatable bonds is 56. The Morgan fingerprint density at radius 1 is 0.256 bits per heavy atom. The number of ether oxygens (including phenoxy) is 3. The van der Waals surface area contributed by atoms with E-state index in [0.29, 0.717) is 12.8 Å². The minimum Gasteiger partial charge on any atom is -0.462 e. The van der Waals surface area contributed by atoms with Gasteiger partial charge in [-0.25, -0.2) is 0 Å². The quantitative estimate of drug-likeness (QED) is 0.0261. The number of carbonyl (C=O) groups is 3. The van der Waals surface area contributed by atoms with Gasteiger partial charge in [-0.2, -0.15) is 0 Å². The summed E-state index contributed by atoms with van der Waals surface area (Å²) in [6.07, 6.45) is 103. The topological polar surface area (TPSA) is 78.9 Å². The van der Waals surface area contributed by atoms with E-state index in [0.717, 1.165) is 186 Å². The fourth-order valence-corrected chi connectivity index (χ4v) is 8.03. The van der Waals surface area contributed by atoms with Crippen LogP contribution in [0.5, 0.6) is 0 Å². The Balaban J connectivity index is 4.44. The van der Waals surface area contributed by atoms with Crippen molar-refractivity contribution >= 4 is 17.9 Å². The Hall–Kier alpha value is -5.75. The van der Waals surface area contributed by atoms with Gasteiger partial charge in [-0.15, -0.1) is 0 Å². The predicted octanol–water partition coefficient (Wildman–Crippen LogP) is 22.6. The minimum atomic E-state index is -0.823. The molecule has 82 heavy (non-hydrogen) atoms. The van der Waals surface area contributed by atoms with Crippen molar-refractivity contribution in [1.29, 1.82) is 0 Å². The maximum atomic E-state index is 12.9. The van der Waals surface area contributed by atoms with Gasteiger partial charge < -0.3 is 14.2 Å². The van der Waals surface area contributed by atoms with Gasteiger partial charge in [0.15, 0.2) is 6.10 Å². The number of esters is 3. The molecule has 0 bridgehead atoms. The van der Waals surface area contributed by atoms with E-state index >= 15 is 0 Å². The molecular weight excluding hydrogens is 1010 g/mol. The molecule has 6 nitrogen and oxygen atoms in total. The average molecular weight is 1130 g/mol. The monoisotopic (exact) mass is 1120 g/mol. The Morgan fingerprint density at radius 3 is 0.780 bits per heavy atom. The van der Waals surface area contributed by atoms with Crippen molar-refractivity contribution in [1.82, 2.24) is 0 Å². The zero-order chi connectivity index (χ0) is 59.2. The van der Waals surface area contributed by atoms with Gasteiger partial charge in [0.2, 0.25) is 0 Å². The van der Waals surface area contributed by atoms with E-state index in [1.54, 1.807) is 0 Å². The number of carbonyl (C=O) groups excluding carboxylic acids is 3. The third kappa shape index (κ3) is 65.1. The van der Waals surface area contributed by atoms with Crippen LogP contribution in [0.25, 0.3) is 0 Å². The highest BCUT2D eigenvalue weighted by Gasteiger charge is 2.19. The summed E-state index contributed by atoms with van der Waals surface area (Å²) in [4.78, 5) is 38.2. The molecule has 0 aromatic carbocycles. The molecule has 0 radical (unpaired) electrons. The van der Waals surface area contributed by atoms with Crippen molar-refractivity contribution in [2.24, 2.45) is 0 Å². The molecule has 6 heteroatoms. The van der Waals surface area contributed by atoms with Crippen LogP contribution >= 0.6 is 0 Å². The maximum Gasteiger partial charge on any atom is 0.306 e. The summed E-state index contributed by atoms with van der Waals surface area (Å²) in [5.41, 5.74) is 0. The SMILES string of the molecule is CC/C=C\C/C=C\C/C=C\C/C=C\C/C=C\C/C=C\C/C=C\C/C=C\CCCCC(=O)OCC(COC(=O)CCCCCCC/C=C\CCC)OC(=O)CCCCCCC/C=C\C/C=C\C/C=C\C/C=C\C/C=C\C/C=C\C/C=C\CC. The fraction of sp³-hybridized carbons (Fsp3) is 0.539. The molecule has 0 N–H and O–H groups in total. The molecule has 0 rings (SSSR count). The Kier molecular flexibility index (Phi) is 63.0. The van der Waals surface area contributed by atoms with Gasteiger partial charge in [-0.05, 0) is 161 Å². The van der Waals surface area contributed by atoms with Crippen LogP contribution in [0.4, 0.5) is 0 Å². The van der Waals surface area contributed by atoms with Gasteiger partial charge in [-0.1, -0.05) is 260 Å². The molecule has 0 saturated heterocycles. The molecule has 0 aromatic rings. The first-order valence-corrected chi connectivity index (χ1v) is 32.4. The van der Waals surface area contributed by atoms with E-state index in [2.05, 4.69) is 215 Å². The van der Waals surface area contributed by atoms with Crippen molar-refractivity contribution in [3.8, 4) is 0 Å². The van der Waals surface area contributed by atoms with Crippen molar-refractivity contribution in [2.45, 2.75) is 252 Å². The lowest BCUT2D eigenvalue weighted by molar-refractivity contribution is -0.167. The average Bonchev–Trinajstić information content (AvgIpc) is 3.48. The lowest BCUT2D eigenvalue weighted by Crippen LogP contribution is -2.30. The summed E-state index contributed by atoms with van der Waals surface area (Å²) < 4.78 is 16.8. The van der Waals surface area contributed by atoms with Crippen LogP contribution in [0.1, 0.15) is 245 Å². The number of hydrogen-bond donors (Lipinski definition) is 0. The van der Waals surface area contributed by atoms with E-state index in [-0.39, 0.29) is 44.0 Å². The van der Waals surface area contributed by atoms with Crippen LogP contribution in [-0.2, 0) is 28.6 Å². The number of unbranched alkanes of at least 4 members (excludes halogenated alkanes) is 13. The zero-order valence-electron chi connectivity index (χ0n) is 52.2. The lowest BCUT2D eigenvalue weighted by Gasteiger charge is -2.18. The van der Waals surface area contributed by atoms with Crippen LogP contribution in [-0.4, -0.2) is 37.2 Å². The normalized spacial score (nSPS) is 13.5. The summed E-state index contributed by atoms with van der Waals surface area (Å²) in [5.74, 6) is -1.00. The van der Waals surface area contributed by atoms with Crippen molar-refractivity contribution in [3.05, 3.63) is 194 Å². The Bertz CT molecular complexity index is 1970. The maximum absolute atomic E-state index is 12.9. The van der Waals surface area contributed by atoms with Crippen LogP contribution in [0.3, 0.4) is 0 Å². The second-order valence-corrected chi connectivity index (χ2v) is 20.5. The first-order chi connectivity index (χ1) is 40.5. The lowest BCUT2D eigenvalue weighted by atomic mass is 10.1. The van der Waals surface area contributed by atoms with E-state index in [1.165, 1.54) is 12.8 Å². The highest BCUT2D eigenvalue weighted by molar-refractivity contribution is 5.71. The van der Waals surface area contributed by atoms with Gasteiger partial charge in [0.05, 0.1) is 0 Å². The van der Waals surface area contributed by atoms with Crippen LogP contribution in [0, 0.1) is 0 Å². The largest absolute Gasteiger partial charge is 0.462 e. The number of allylic oxidation sites excluding steroid dienone is 32. The zero-order valence-corrected chi connectivity index (χ0v) is 52.2. The molecule has 0 aliphatic carbocycles. The van der Waals surface area contributed by atoms with Gasteiger partial charge in [-0.3, -0.25) is 14.4 Å².